The summed E-state index contributed by atoms with van der Waals surface area (Å²) in [6.45, 7) is 4.10. The highest BCUT2D eigenvalue weighted by atomic mass is 32.2. The predicted molar refractivity (Wildman–Crippen MR) is 227 cm³/mol. The smallest absolute Gasteiger partial charge is 0.336 e. The van der Waals surface area contributed by atoms with E-state index < -0.39 is 58.7 Å². The van der Waals surface area contributed by atoms with Gasteiger partial charge in [0, 0.05) is 53.1 Å². The largest absolute Gasteiger partial charge is 0.504 e. The molecule has 4 bridgehead atoms. The molecule has 322 valence electrons. The molecule has 2 spiro atoms. The molecule has 0 radical (unpaired) electrons. The van der Waals surface area contributed by atoms with E-state index in [1.807, 2.05) is 57.3 Å². The van der Waals surface area contributed by atoms with Gasteiger partial charge in [0.05, 0.1) is 37.1 Å². The van der Waals surface area contributed by atoms with Crippen molar-refractivity contribution < 1.29 is 53.3 Å². The van der Waals surface area contributed by atoms with Crippen LogP contribution in [-0.2, 0) is 38.2 Å². The number of phenolic OH excluding ortho intramolecular Hbond substituents is 2. The molecule has 3 fully saturated rings. The quantitative estimate of drug-likeness (QED) is 0.120. The molecule has 62 heavy (non-hydrogen) atoms. The van der Waals surface area contributed by atoms with Gasteiger partial charge in [-0.25, -0.2) is 9.59 Å². The number of aliphatic hydroxyl groups excluding tert-OH is 1. The molecule has 4 aromatic rings. The lowest BCUT2D eigenvalue weighted by molar-refractivity contribution is -0.190. The van der Waals surface area contributed by atoms with Crippen molar-refractivity contribution in [2.75, 3.05) is 40.4 Å². The second kappa shape index (κ2) is 14.0. The number of hydrogen-bond donors (Lipinski definition) is 4. The first kappa shape index (κ1) is 39.4. The maximum atomic E-state index is 15.1. The van der Waals surface area contributed by atoms with E-state index in [4.69, 9.17) is 28.4 Å². The van der Waals surface area contributed by atoms with E-state index in [-0.39, 0.29) is 36.2 Å². The first-order valence-electron chi connectivity index (χ1n) is 20.9. The minimum atomic E-state index is -1.39. The number of aliphatic hydroxyl groups is 1. The molecule has 4 aromatic carbocycles. The number of piperazine rings is 1. The predicted octanol–water partition coefficient (Wildman–Crippen LogP) is 5.03. The fourth-order valence-electron chi connectivity index (χ4n) is 11.5. The minimum Gasteiger partial charge on any atom is -0.504 e. The second-order valence-corrected chi connectivity index (χ2v) is 18.5. The lowest BCUT2D eigenvalue weighted by Gasteiger charge is -2.62. The van der Waals surface area contributed by atoms with Crippen LogP contribution in [0.2, 0.25) is 0 Å². The molecule has 8 aliphatic rings. The third kappa shape index (κ3) is 5.32. The van der Waals surface area contributed by atoms with Gasteiger partial charge < -0.3 is 43.7 Å². The number of benzene rings is 4. The molecule has 15 heteroatoms. The molecule has 14 nitrogen and oxygen atoms in total. The maximum Gasteiger partial charge on any atom is 0.336 e. The van der Waals surface area contributed by atoms with Crippen molar-refractivity contribution in [3.8, 4) is 40.2 Å². The second-order valence-electron chi connectivity index (χ2n) is 17.3. The molecular formula is C47H47N3O11S. The number of carbonyl (C=O) groups is 2. The van der Waals surface area contributed by atoms with Crippen LogP contribution < -0.4 is 29.0 Å². The van der Waals surface area contributed by atoms with Crippen molar-refractivity contribution >= 4 is 29.8 Å². The first-order valence-corrected chi connectivity index (χ1v) is 22.0. The highest BCUT2D eigenvalue weighted by Crippen LogP contribution is 2.72. The number of nitrogens with one attached hydrogen (secondary N) is 1. The number of aromatic hydroxyl groups is 2. The standard InChI is InChI=1S/C47H47N3O11S/c1-22-15-26-16-28-44(54)50-37(36(49(28)3)33(26)38(53)39(22)57-5)43-34-35(42-41(58-21-59-42)23(2)40(34)61-32(52)12-11-24-9-7-6-8-10-24)47(50)19-31(47)60-45(55)46(20-62-43)27-18-30(56-4)29(51)17-25(27)13-14-48-46/h6-12,15,17-18,28,31,36-37,43-44,48,51,53-54H,13-14,16,19-21H2,1-5H3/b12-11+/t28-,31?,36+,37?,43+,44-,46+,47?/m0/s1. The van der Waals surface area contributed by atoms with Gasteiger partial charge in [-0.1, -0.05) is 36.4 Å². The van der Waals surface area contributed by atoms with E-state index >= 15 is 4.79 Å². The summed E-state index contributed by atoms with van der Waals surface area (Å²) in [5, 5.41) is 38.9. The summed E-state index contributed by atoms with van der Waals surface area (Å²) in [6, 6.07) is 13.4. The monoisotopic (exact) mass is 861 g/mol. The maximum absolute atomic E-state index is 15.1. The van der Waals surface area contributed by atoms with Crippen LogP contribution in [0.1, 0.15) is 67.8 Å². The Labute approximate surface area is 362 Å². The van der Waals surface area contributed by atoms with Crippen LogP contribution >= 0.6 is 11.8 Å². The van der Waals surface area contributed by atoms with Crippen molar-refractivity contribution in [1.29, 1.82) is 0 Å². The highest BCUT2D eigenvalue weighted by molar-refractivity contribution is 7.99. The Morgan fingerprint density at radius 1 is 1.02 bits per heavy atom. The number of likely N-dealkylation sites (N-methyl/N-ethyl adjacent to an activating group) is 1. The number of rotatable bonds is 5. The number of phenols is 2. The zero-order valence-corrected chi connectivity index (χ0v) is 35.7. The Morgan fingerprint density at radius 2 is 1.81 bits per heavy atom. The van der Waals surface area contributed by atoms with E-state index in [1.54, 1.807) is 25.3 Å². The Morgan fingerprint density at radius 3 is 2.58 bits per heavy atom. The first-order chi connectivity index (χ1) is 29.9. The molecule has 12 rings (SSSR count). The summed E-state index contributed by atoms with van der Waals surface area (Å²) in [7, 11) is 4.99. The van der Waals surface area contributed by atoms with Gasteiger partial charge in [-0.2, -0.15) is 0 Å². The molecule has 2 saturated heterocycles. The molecular weight excluding hydrogens is 815 g/mol. The van der Waals surface area contributed by atoms with Crippen LogP contribution in [0.4, 0.5) is 0 Å². The minimum absolute atomic E-state index is 0.0245. The summed E-state index contributed by atoms with van der Waals surface area (Å²) < 4.78 is 37.2. The van der Waals surface area contributed by atoms with Crippen molar-refractivity contribution in [3.63, 3.8) is 0 Å². The van der Waals surface area contributed by atoms with Crippen LogP contribution in [0.3, 0.4) is 0 Å². The fraction of sp³-hybridized carbons (Fsp3) is 0.404. The molecule has 8 atom stereocenters. The average Bonchev–Trinajstić information content (AvgIpc) is 3.71. The molecule has 4 N–H and O–H groups in total. The van der Waals surface area contributed by atoms with E-state index in [9.17, 15) is 20.1 Å². The van der Waals surface area contributed by atoms with Gasteiger partial charge in [0.1, 0.15) is 18.1 Å². The Bertz CT molecular complexity index is 2620. The zero-order valence-electron chi connectivity index (χ0n) is 34.9. The average molecular weight is 862 g/mol. The lowest BCUT2D eigenvalue weighted by Crippen LogP contribution is -2.72. The number of esters is 2. The normalized spacial score (nSPS) is 30.1. The lowest BCUT2D eigenvalue weighted by atomic mass is 9.72. The van der Waals surface area contributed by atoms with Gasteiger partial charge in [0.2, 0.25) is 6.79 Å². The van der Waals surface area contributed by atoms with E-state index in [1.165, 1.54) is 24.9 Å². The Balaban J connectivity index is 1.17. The number of hydrogen-bond acceptors (Lipinski definition) is 15. The SMILES string of the molecule is COc1cc2c(cc1O)CCN[C@]21CS[C@@H]2c3c(OC(=O)/C=C/c4ccccc4)c(C)c4c(c3C3(CC3OC1=O)N1C2[C@H]2c3c(cc(C)c(OC)c3O)C[C@@H]([C@@H]1O)N2C)OCO4. The van der Waals surface area contributed by atoms with Gasteiger partial charge in [0.25, 0.3) is 0 Å². The van der Waals surface area contributed by atoms with Crippen molar-refractivity contribution in [3.05, 3.63) is 105 Å². The molecule has 0 amide bonds. The highest BCUT2D eigenvalue weighted by Gasteiger charge is 2.75. The van der Waals surface area contributed by atoms with Gasteiger partial charge in [-0.05, 0) is 79.8 Å². The van der Waals surface area contributed by atoms with Crippen molar-refractivity contribution in [1.82, 2.24) is 15.1 Å². The van der Waals surface area contributed by atoms with Gasteiger partial charge in [-0.15, -0.1) is 11.8 Å². The number of fused-ring (bicyclic) bond motifs is 8. The number of nitrogens with zero attached hydrogens (tertiary/aromatic N) is 2. The third-order valence-corrected chi connectivity index (χ3v) is 15.8. The van der Waals surface area contributed by atoms with E-state index in [0.29, 0.717) is 70.2 Å². The van der Waals surface area contributed by atoms with Gasteiger partial charge in [0.15, 0.2) is 40.0 Å². The topological polar surface area (TPSA) is 169 Å². The van der Waals surface area contributed by atoms with Crippen LogP contribution in [0.15, 0.2) is 54.6 Å². The molecule has 7 aliphatic heterocycles. The summed E-state index contributed by atoms with van der Waals surface area (Å²) in [4.78, 5) is 33.4. The van der Waals surface area contributed by atoms with Crippen molar-refractivity contribution in [2.24, 2.45) is 0 Å². The fourth-order valence-corrected chi connectivity index (χ4v) is 13.2. The molecule has 1 saturated carbocycles. The van der Waals surface area contributed by atoms with Gasteiger partial charge in [-0.3, -0.25) is 15.1 Å². The van der Waals surface area contributed by atoms with Crippen LogP contribution in [0.25, 0.3) is 6.08 Å². The van der Waals surface area contributed by atoms with Crippen LogP contribution in [-0.4, -0.2) is 102 Å². The third-order valence-electron chi connectivity index (χ3n) is 14.3. The molecule has 3 unspecified atom stereocenters. The Kier molecular flexibility index (Phi) is 8.92. The molecule has 1 aliphatic carbocycles. The van der Waals surface area contributed by atoms with Crippen LogP contribution in [0, 0.1) is 13.8 Å². The summed E-state index contributed by atoms with van der Waals surface area (Å²) >= 11 is 1.48. The Hall–Kier alpha value is -5.45. The number of carbonyl (C=O) groups excluding carboxylic acids is 2. The van der Waals surface area contributed by atoms with Crippen LogP contribution in [0.5, 0.6) is 40.2 Å². The van der Waals surface area contributed by atoms with E-state index in [0.717, 1.165) is 22.3 Å². The number of aryl methyl sites for hydroxylation is 1. The van der Waals surface area contributed by atoms with Crippen molar-refractivity contribution in [2.45, 2.75) is 79.9 Å². The number of thioether (sulfide) groups is 1. The zero-order chi connectivity index (χ0) is 43.0. The van der Waals surface area contributed by atoms with Gasteiger partial charge >= 0.3 is 11.9 Å². The van der Waals surface area contributed by atoms with E-state index in [2.05, 4.69) is 15.1 Å². The summed E-state index contributed by atoms with van der Waals surface area (Å²) in [6.07, 6.45) is 2.53. The number of ether oxygens (including phenoxy) is 6. The number of methoxy groups -OCH3 is 2. The summed E-state index contributed by atoms with van der Waals surface area (Å²) in [5.41, 5.74) is 4.00. The molecule has 7 heterocycles. The summed E-state index contributed by atoms with van der Waals surface area (Å²) in [5.74, 6) is 0.848. The molecule has 0 aromatic heterocycles.